The fourth-order valence-electron chi connectivity index (χ4n) is 1.62. The first kappa shape index (κ1) is 14.8. The molecule has 0 aliphatic carbocycles. The van der Waals surface area contributed by atoms with Crippen LogP contribution in [0.5, 0.6) is 0 Å². The smallest absolute Gasteiger partial charge is 0.247 e. The molecule has 6 nitrogen and oxygen atoms in total. The Morgan fingerprint density at radius 3 is 1.94 bits per heavy atom. The molecule has 8 heteroatoms. The van der Waals surface area contributed by atoms with Gasteiger partial charge in [-0.3, -0.25) is 4.72 Å². The highest BCUT2D eigenvalue weighted by Crippen LogP contribution is 2.24. The van der Waals surface area contributed by atoms with Crippen LogP contribution >= 0.6 is 0 Å². The summed E-state index contributed by atoms with van der Waals surface area (Å²) in [5.74, 6) is 0. The molecule has 0 saturated heterocycles. The molecule has 0 amide bonds. The largest absolute Gasteiger partial charge is 0.399 e. The van der Waals surface area contributed by atoms with Crippen LogP contribution in [-0.2, 0) is 19.9 Å². The standard InChI is InChI=1S/C10H16N2O4S2/c1-7-4-9(11)5-8(2)10(7)12-18(15,16)6-17(3,13)14/h4-5,12H,6,11H2,1-3H3. The van der Waals surface area contributed by atoms with E-state index in [-0.39, 0.29) is 0 Å². The SMILES string of the molecule is Cc1cc(N)cc(C)c1NS(=O)(=O)CS(C)(=O)=O. The van der Waals surface area contributed by atoms with Gasteiger partial charge in [-0.25, -0.2) is 16.8 Å². The number of sulfone groups is 1. The van der Waals surface area contributed by atoms with Crippen LogP contribution in [0.15, 0.2) is 12.1 Å². The van der Waals surface area contributed by atoms with Gasteiger partial charge in [-0.1, -0.05) is 0 Å². The van der Waals surface area contributed by atoms with Crippen LogP contribution in [-0.4, -0.2) is 28.2 Å². The van der Waals surface area contributed by atoms with E-state index >= 15 is 0 Å². The molecule has 0 heterocycles. The van der Waals surface area contributed by atoms with Gasteiger partial charge in [-0.2, -0.15) is 0 Å². The number of nitrogen functional groups attached to an aromatic ring is 1. The van der Waals surface area contributed by atoms with Crippen LogP contribution in [0.2, 0.25) is 0 Å². The molecule has 1 aromatic rings. The Morgan fingerprint density at radius 2 is 1.56 bits per heavy atom. The molecular weight excluding hydrogens is 276 g/mol. The van der Waals surface area contributed by atoms with Crippen molar-refractivity contribution in [3.05, 3.63) is 23.3 Å². The number of benzene rings is 1. The minimum atomic E-state index is -3.93. The first-order chi connectivity index (χ1) is 8.00. The molecule has 0 fully saturated rings. The van der Waals surface area contributed by atoms with Gasteiger partial charge < -0.3 is 5.73 Å². The molecule has 0 unspecified atom stereocenters. The zero-order valence-electron chi connectivity index (χ0n) is 10.4. The highest BCUT2D eigenvalue weighted by Gasteiger charge is 2.19. The molecule has 0 bridgehead atoms. The van der Waals surface area contributed by atoms with Crippen LogP contribution in [0.25, 0.3) is 0 Å². The number of rotatable bonds is 4. The summed E-state index contributed by atoms with van der Waals surface area (Å²) in [5.41, 5.74) is 7.80. The lowest BCUT2D eigenvalue weighted by atomic mass is 10.1. The summed E-state index contributed by atoms with van der Waals surface area (Å²) in [7, 11) is -7.54. The summed E-state index contributed by atoms with van der Waals surface area (Å²) >= 11 is 0. The zero-order chi connectivity index (χ0) is 14.1. The summed E-state index contributed by atoms with van der Waals surface area (Å²) in [6.07, 6.45) is 0.870. The predicted molar refractivity (Wildman–Crippen MR) is 72.6 cm³/mol. The number of hydrogen-bond donors (Lipinski definition) is 2. The Kier molecular flexibility index (Phi) is 3.92. The lowest BCUT2D eigenvalue weighted by molar-refractivity contribution is 0.595. The average molecular weight is 292 g/mol. The summed E-state index contributed by atoms with van der Waals surface area (Å²) in [6, 6.07) is 3.23. The molecule has 0 saturated carbocycles. The molecule has 102 valence electrons. The maximum Gasteiger partial charge on any atom is 0.247 e. The van der Waals surface area contributed by atoms with Crippen LogP contribution in [0.4, 0.5) is 11.4 Å². The second-order valence-corrected chi connectivity index (χ2v) is 8.52. The Bertz CT molecular complexity index is 640. The van der Waals surface area contributed by atoms with Crippen molar-refractivity contribution in [1.82, 2.24) is 0 Å². The number of anilines is 2. The topological polar surface area (TPSA) is 106 Å². The van der Waals surface area contributed by atoms with E-state index in [2.05, 4.69) is 4.72 Å². The third-order valence-corrected chi connectivity index (χ3v) is 5.65. The van der Waals surface area contributed by atoms with E-state index in [1.807, 2.05) is 0 Å². The van der Waals surface area contributed by atoms with E-state index in [1.165, 1.54) is 0 Å². The molecule has 0 atom stereocenters. The zero-order valence-corrected chi connectivity index (χ0v) is 12.0. The molecule has 1 aromatic carbocycles. The maximum atomic E-state index is 11.7. The van der Waals surface area contributed by atoms with Gasteiger partial charge in [0.15, 0.2) is 14.9 Å². The number of nitrogens with one attached hydrogen (secondary N) is 1. The second-order valence-electron chi connectivity index (χ2n) is 4.29. The summed E-state index contributed by atoms with van der Waals surface area (Å²) in [4.78, 5) is 0. The van der Waals surface area contributed by atoms with E-state index in [4.69, 9.17) is 5.73 Å². The highest BCUT2D eigenvalue weighted by atomic mass is 32.3. The monoisotopic (exact) mass is 292 g/mol. The molecule has 0 aromatic heterocycles. The highest BCUT2D eigenvalue weighted by molar-refractivity contribution is 8.08. The van der Waals surface area contributed by atoms with Gasteiger partial charge in [-0.05, 0) is 37.1 Å². The van der Waals surface area contributed by atoms with Gasteiger partial charge in [0, 0.05) is 11.9 Å². The number of nitrogens with two attached hydrogens (primary N) is 1. The lowest BCUT2D eigenvalue weighted by Crippen LogP contribution is -2.23. The van der Waals surface area contributed by atoms with Crippen molar-refractivity contribution in [2.75, 3.05) is 21.8 Å². The van der Waals surface area contributed by atoms with E-state index in [0.29, 0.717) is 22.5 Å². The van der Waals surface area contributed by atoms with E-state index in [1.54, 1.807) is 26.0 Å². The third kappa shape index (κ3) is 4.19. The Labute approximate surface area is 107 Å². The van der Waals surface area contributed by atoms with Gasteiger partial charge >= 0.3 is 0 Å². The van der Waals surface area contributed by atoms with Gasteiger partial charge in [0.1, 0.15) is 0 Å². The van der Waals surface area contributed by atoms with Crippen molar-refractivity contribution >= 4 is 31.2 Å². The van der Waals surface area contributed by atoms with Crippen molar-refractivity contribution in [3.8, 4) is 0 Å². The number of sulfonamides is 1. The van der Waals surface area contributed by atoms with Crippen LogP contribution < -0.4 is 10.5 Å². The van der Waals surface area contributed by atoms with Gasteiger partial charge in [0.2, 0.25) is 10.0 Å². The first-order valence-electron chi connectivity index (χ1n) is 5.05. The molecule has 1 rings (SSSR count). The van der Waals surface area contributed by atoms with Gasteiger partial charge in [-0.15, -0.1) is 0 Å². The molecule has 0 radical (unpaired) electrons. The van der Waals surface area contributed by atoms with Gasteiger partial charge in [0.05, 0.1) is 5.69 Å². The molecule has 3 N–H and O–H groups in total. The average Bonchev–Trinajstić information content (AvgIpc) is 2.07. The fourth-order valence-corrected chi connectivity index (χ4v) is 4.75. The van der Waals surface area contributed by atoms with Crippen LogP contribution in [0, 0.1) is 13.8 Å². The molecular formula is C10H16N2O4S2. The van der Waals surface area contributed by atoms with Gasteiger partial charge in [0.25, 0.3) is 0 Å². The van der Waals surface area contributed by atoms with Crippen molar-refractivity contribution in [2.45, 2.75) is 13.8 Å². The third-order valence-electron chi connectivity index (χ3n) is 2.18. The normalized spacial score (nSPS) is 12.4. The van der Waals surface area contributed by atoms with Crippen LogP contribution in [0.1, 0.15) is 11.1 Å². The molecule has 0 aliphatic heterocycles. The number of aryl methyl sites for hydroxylation is 2. The van der Waals surface area contributed by atoms with Crippen molar-refractivity contribution in [3.63, 3.8) is 0 Å². The van der Waals surface area contributed by atoms with E-state index in [9.17, 15) is 16.8 Å². The van der Waals surface area contributed by atoms with Crippen molar-refractivity contribution in [1.29, 1.82) is 0 Å². The summed E-state index contributed by atoms with van der Waals surface area (Å²) in [6.45, 7) is 3.39. The van der Waals surface area contributed by atoms with Crippen molar-refractivity contribution in [2.24, 2.45) is 0 Å². The first-order valence-corrected chi connectivity index (χ1v) is 8.76. The Balaban J connectivity index is 3.13. The second kappa shape index (κ2) is 4.77. The van der Waals surface area contributed by atoms with Crippen LogP contribution in [0.3, 0.4) is 0 Å². The lowest BCUT2D eigenvalue weighted by Gasteiger charge is -2.13. The Morgan fingerprint density at radius 1 is 1.11 bits per heavy atom. The summed E-state index contributed by atoms with van der Waals surface area (Å²) in [5, 5.41) is -0.941. The van der Waals surface area contributed by atoms with Crippen molar-refractivity contribution < 1.29 is 16.8 Å². The molecule has 0 spiro atoms. The maximum absolute atomic E-state index is 11.7. The minimum Gasteiger partial charge on any atom is -0.399 e. The fraction of sp³-hybridized carbons (Fsp3) is 0.400. The molecule has 18 heavy (non-hydrogen) atoms. The van der Waals surface area contributed by atoms with E-state index in [0.717, 1.165) is 6.26 Å². The number of hydrogen-bond acceptors (Lipinski definition) is 5. The Hall–Kier alpha value is -1.28. The minimum absolute atomic E-state index is 0.368. The molecule has 0 aliphatic rings. The predicted octanol–water partition coefficient (Wildman–Crippen LogP) is 0.629. The van der Waals surface area contributed by atoms with E-state index < -0.39 is 24.9 Å². The summed E-state index contributed by atoms with van der Waals surface area (Å²) < 4.78 is 47.7. The quantitative estimate of drug-likeness (QED) is 0.792.